The quantitative estimate of drug-likeness (QED) is 0.603. The Morgan fingerprint density at radius 2 is 1.92 bits per heavy atom. The van der Waals surface area contributed by atoms with Crippen molar-refractivity contribution in [1.82, 2.24) is 14.8 Å². The van der Waals surface area contributed by atoms with E-state index in [2.05, 4.69) is 10.1 Å². The summed E-state index contributed by atoms with van der Waals surface area (Å²) in [4.78, 5) is 17.2. The first-order chi connectivity index (χ1) is 12.1. The summed E-state index contributed by atoms with van der Waals surface area (Å²) in [6.07, 6.45) is 1.59. The number of H-pyrrole nitrogens is 1. The first-order valence-corrected chi connectivity index (χ1v) is 7.91. The summed E-state index contributed by atoms with van der Waals surface area (Å²) in [7, 11) is 1.60. The van der Waals surface area contributed by atoms with E-state index >= 15 is 0 Å². The maximum atomic E-state index is 12.8. The van der Waals surface area contributed by atoms with E-state index in [0.29, 0.717) is 5.39 Å². The Bertz CT molecular complexity index is 1140. The van der Waals surface area contributed by atoms with Gasteiger partial charge in [-0.15, -0.1) is 0 Å². The molecule has 2 aromatic heterocycles. The third-order valence-electron chi connectivity index (χ3n) is 4.56. The van der Waals surface area contributed by atoms with E-state index < -0.39 is 0 Å². The van der Waals surface area contributed by atoms with Gasteiger partial charge in [0, 0.05) is 11.6 Å². The van der Waals surface area contributed by atoms with Crippen molar-refractivity contribution < 1.29 is 9.84 Å². The third kappa shape index (κ3) is 2.30. The van der Waals surface area contributed by atoms with Crippen LogP contribution in [0.25, 0.3) is 27.5 Å². The van der Waals surface area contributed by atoms with Crippen LogP contribution in [0.1, 0.15) is 11.1 Å². The van der Waals surface area contributed by atoms with Crippen molar-refractivity contribution in [3.63, 3.8) is 0 Å². The van der Waals surface area contributed by atoms with Gasteiger partial charge in [0.1, 0.15) is 5.75 Å². The lowest BCUT2D eigenvalue weighted by Gasteiger charge is -2.06. The number of aromatic amines is 1. The molecular weight excluding hydrogens is 318 g/mol. The molecule has 0 aliphatic rings. The van der Waals surface area contributed by atoms with Crippen molar-refractivity contribution in [1.29, 1.82) is 0 Å². The summed E-state index contributed by atoms with van der Waals surface area (Å²) in [5.74, 6) is 0.729. The molecule has 0 unspecified atom stereocenters. The van der Waals surface area contributed by atoms with E-state index in [4.69, 9.17) is 4.74 Å². The topological polar surface area (TPSA) is 80.1 Å². The zero-order chi connectivity index (χ0) is 17.6. The van der Waals surface area contributed by atoms with Crippen molar-refractivity contribution in [2.45, 2.75) is 13.5 Å². The van der Waals surface area contributed by atoms with Crippen LogP contribution in [0.5, 0.6) is 5.75 Å². The summed E-state index contributed by atoms with van der Waals surface area (Å²) >= 11 is 0. The molecular formula is C19H17N3O3. The van der Waals surface area contributed by atoms with Crippen LogP contribution in [0.2, 0.25) is 0 Å². The summed E-state index contributed by atoms with van der Waals surface area (Å²) in [6, 6.07) is 11.0. The van der Waals surface area contributed by atoms with E-state index in [1.807, 2.05) is 31.2 Å². The molecule has 0 radical (unpaired) electrons. The van der Waals surface area contributed by atoms with Gasteiger partial charge in [-0.1, -0.05) is 12.1 Å². The highest BCUT2D eigenvalue weighted by molar-refractivity contribution is 6.04. The first kappa shape index (κ1) is 15.4. The average molecular weight is 335 g/mol. The molecule has 4 rings (SSSR count). The van der Waals surface area contributed by atoms with E-state index in [-0.39, 0.29) is 12.2 Å². The number of hydrogen-bond acceptors (Lipinski definition) is 4. The highest BCUT2D eigenvalue weighted by Crippen LogP contribution is 2.26. The number of benzene rings is 2. The van der Waals surface area contributed by atoms with Gasteiger partial charge in [0.15, 0.2) is 0 Å². The van der Waals surface area contributed by atoms with Gasteiger partial charge in [0.2, 0.25) is 0 Å². The van der Waals surface area contributed by atoms with Crippen LogP contribution in [0.4, 0.5) is 0 Å². The van der Waals surface area contributed by atoms with Gasteiger partial charge < -0.3 is 9.84 Å². The first-order valence-electron chi connectivity index (χ1n) is 7.91. The monoisotopic (exact) mass is 335 g/mol. The third-order valence-corrected chi connectivity index (χ3v) is 4.56. The van der Waals surface area contributed by atoms with Gasteiger partial charge in [-0.25, -0.2) is 4.68 Å². The SMILES string of the molecule is COc1ccc(-n2[nH]c3c(cnc4c(C)c(CO)ccc43)c2=O)cc1. The zero-order valence-corrected chi connectivity index (χ0v) is 13.9. The largest absolute Gasteiger partial charge is 0.497 e. The fourth-order valence-electron chi connectivity index (χ4n) is 3.10. The van der Waals surface area contributed by atoms with Crippen LogP contribution >= 0.6 is 0 Å². The standard InChI is InChI=1S/C19H17N3O3/c1-11-12(10-23)3-8-15-17(11)20-9-16-18(15)21-22(19(16)24)13-4-6-14(25-2)7-5-13/h3-9,21,23H,10H2,1-2H3. The summed E-state index contributed by atoms with van der Waals surface area (Å²) in [5.41, 5.74) is 3.83. The number of methoxy groups -OCH3 is 1. The Labute approximate surface area is 143 Å². The number of aliphatic hydroxyl groups excluding tert-OH is 1. The van der Waals surface area contributed by atoms with E-state index in [1.54, 1.807) is 25.4 Å². The second-order valence-corrected chi connectivity index (χ2v) is 5.90. The maximum Gasteiger partial charge on any atom is 0.280 e. The van der Waals surface area contributed by atoms with Crippen molar-refractivity contribution in [2.24, 2.45) is 0 Å². The van der Waals surface area contributed by atoms with Gasteiger partial charge >= 0.3 is 0 Å². The summed E-state index contributed by atoms with van der Waals surface area (Å²) < 4.78 is 6.66. The molecule has 0 saturated carbocycles. The number of aromatic nitrogens is 3. The minimum absolute atomic E-state index is 0.0368. The van der Waals surface area contributed by atoms with Gasteiger partial charge in [0.05, 0.1) is 35.8 Å². The Morgan fingerprint density at radius 3 is 2.60 bits per heavy atom. The Hall–Kier alpha value is -3.12. The second kappa shape index (κ2) is 5.75. The highest BCUT2D eigenvalue weighted by atomic mass is 16.5. The lowest BCUT2D eigenvalue weighted by atomic mass is 10.0. The molecule has 0 saturated heterocycles. The highest BCUT2D eigenvalue weighted by Gasteiger charge is 2.14. The molecule has 25 heavy (non-hydrogen) atoms. The van der Waals surface area contributed by atoms with Crippen LogP contribution in [0.15, 0.2) is 47.4 Å². The maximum absolute atomic E-state index is 12.8. The molecule has 0 amide bonds. The normalized spacial score (nSPS) is 11.3. The number of fused-ring (bicyclic) bond motifs is 3. The molecule has 0 fully saturated rings. The number of pyridine rings is 1. The molecule has 2 heterocycles. The second-order valence-electron chi connectivity index (χ2n) is 5.90. The lowest BCUT2D eigenvalue weighted by molar-refractivity contribution is 0.281. The number of aliphatic hydroxyl groups is 1. The fraction of sp³-hybridized carbons (Fsp3) is 0.158. The molecule has 0 bridgehead atoms. The zero-order valence-electron chi connectivity index (χ0n) is 13.9. The van der Waals surface area contributed by atoms with Crippen LogP contribution in [0.3, 0.4) is 0 Å². The lowest BCUT2D eigenvalue weighted by Crippen LogP contribution is -2.14. The Kier molecular flexibility index (Phi) is 3.54. The molecule has 6 nitrogen and oxygen atoms in total. The number of hydrogen-bond donors (Lipinski definition) is 2. The van der Waals surface area contributed by atoms with E-state index in [0.717, 1.165) is 39.0 Å². The van der Waals surface area contributed by atoms with Crippen LogP contribution in [-0.4, -0.2) is 27.0 Å². The van der Waals surface area contributed by atoms with E-state index in [1.165, 1.54) is 4.68 Å². The molecule has 6 heteroatoms. The molecule has 0 aliphatic heterocycles. The smallest absolute Gasteiger partial charge is 0.280 e. The molecule has 0 aliphatic carbocycles. The number of rotatable bonds is 3. The fourth-order valence-corrected chi connectivity index (χ4v) is 3.10. The van der Waals surface area contributed by atoms with Gasteiger partial charge in [-0.05, 0) is 42.3 Å². The van der Waals surface area contributed by atoms with Gasteiger partial charge in [-0.2, -0.15) is 0 Å². The predicted molar refractivity (Wildman–Crippen MR) is 96.4 cm³/mol. The van der Waals surface area contributed by atoms with Crippen molar-refractivity contribution in [3.8, 4) is 11.4 Å². The Morgan fingerprint density at radius 1 is 1.16 bits per heavy atom. The number of nitrogens with zero attached hydrogens (tertiary/aromatic N) is 2. The van der Waals surface area contributed by atoms with Gasteiger partial charge in [0.25, 0.3) is 5.56 Å². The van der Waals surface area contributed by atoms with Crippen LogP contribution in [0, 0.1) is 6.92 Å². The predicted octanol–water partition coefficient (Wildman–Crippen LogP) is 2.68. The average Bonchev–Trinajstić information content (AvgIpc) is 2.99. The molecule has 126 valence electrons. The molecule has 4 aromatic rings. The summed E-state index contributed by atoms with van der Waals surface area (Å²) in [6.45, 7) is 1.89. The number of aryl methyl sites for hydroxylation is 1. The van der Waals surface area contributed by atoms with E-state index in [9.17, 15) is 9.90 Å². The minimum atomic E-state index is -0.154. The molecule has 2 N–H and O–H groups in total. The van der Waals surface area contributed by atoms with Crippen molar-refractivity contribution >= 4 is 21.8 Å². The Balaban J connectivity index is 1.99. The molecule has 0 atom stereocenters. The number of ether oxygens (including phenoxy) is 1. The minimum Gasteiger partial charge on any atom is -0.497 e. The van der Waals surface area contributed by atoms with Crippen molar-refractivity contribution in [3.05, 3.63) is 64.1 Å². The molecule has 2 aromatic carbocycles. The summed E-state index contributed by atoms with van der Waals surface area (Å²) in [5, 5.41) is 14.0. The molecule has 0 spiro atoms. The van der Waals surface area contributed by atoms with Crippen LogP contribution < -0.4 is 10.3 Å². The van der Waals surface area contributed by atoms with Crippen molar-refractivity contribution in [2.75, 3.05) is 7.11 Å². The van der Waals surface area contributed by atoms with Gasteiger partial charge in [-0.3, -0.25) is 14.9 Å². The number of nitrogens with one attached hydrogen (secondary N) is 1. The van der Waals surface area contributed by atoms with Crippen LogP contribution in [-0.2, 0) is 6.61 Å².